The standard InChI is InChI=1S/C18H18N2O7S/c21-16(20-18(23)19-9-12-2-1-5-24-12)10-27-17(22)11-28-13-3-4-14-15(8-13)26-7-6-25-14/h1-5,8H,6-7,9-11H2,(H2,19,20,21,23). The first-order valence-electron chi connectivity index (χ1n) is 8.38. The van der Waals surface area contributed by atoms with Gasteiger partial charge in [-0.3, -0.25) is 14.9 Å². The van der Waals surface area contributed by atoms with Crippen LogP contribution in [0.25, 0.3) is 0 Å². The van der Waals surface area contributed by atoms with Gasteiger partial charge in [-0.15, -0.1) is 11.8 Å². The normalized spacial score (nSPS) is 12.1. The van der Waals surface area contributed by atoms with Crippen molar-refractivity contribution in [3.8, 4) is 11.5 Å². The van der Waals surface area contributed by atoms with Gasteiger partial charge in [-0.2, -0.15) is 0 Å². The molecule has 0 saturated heterocycles. The van der Waals surface area contributed by atoms with Crippen molar-refractivity contribution in [2.24, 2.45) is 0 Å². The molecule has 3 rings (SSSR count). The summed E-state index contributed by atoms with van der Waals surface area (Å²) >= 11 is 1.24. The lowest BCUT2D eigenvalue weighted by atomic mass is 10.3. The Morgan fingerprint density at radius 3 is 2.71 bits per heavy atom. The van der Waals surface area contributed by atoms with Gasteiger partial charge in [0.15, 0.2) is 18.1 Å². The second kappa shape index (κ2) is 9.70. The van der Waals surface area contributed by atoms with Crippen molar-refractivity contribution in [2.45, 2.75) is 11.4 Å². The molecule has 0 radical (unpaired) electrons. The van der Waals surface area contributed by atoms with E-state index < -0.39 is 24.5 Å². The number of ether oxygens (including phenoxy) is 3. The molecule has 2 heterocycles. The van der Waals surface area contributed by atoms with E-state index in [-0.39, 0.29) is 12.3 Å². The fourth-order valence-corrected chi connectivity index (χ4v) is 2.95. The van der Waals surface area contributed by atoms with E-state index in [4.69, 9.17) is 18.6 Å². The van der Waals surface area contributed by atoms with Crippen molar-refractivity contribution in [2.75, 3.05) is 25.6 Å². The highest BCUT2D eigenvalue weighted by atomic mass is 32.2. The van der Waals surface area contributed by atoms with Crippen molar-refractivity contribution >= 4 is 29.7 Å². The molecule has 0 fully saturated rings. The minimum atomic E-state index is -0.727. The molecule has 0 unspecified atom stereocenters. The van der Waals surface area contributed by atoms with E-state index in [0.29, 0.717) is 30.5 Å². The Labute approximate surface area is 164 Å². The van der Waals surface area contributed by atoms with Crippen LogP contribution in [0.5, 0.6) is 11.5 Å². The lowest BCUT2D eigenvalue weighted by Gasteiger charge is -2.18. The Balaban J connectivity index is 1.33. The second-order valence-electron chi connectivity index (χ2n) is 5.57. The number of hydrogen-bond acceptors (Lipinski definition) is 8. The molecule has 2 aromatic rings. The molecule has 3 amide bonds. The smallest absolute Gasteiger partial charge is 0.321 e. The van der Waals surface area contributed by atoms with E-state index in [0.717, 1.165) is 4.90 Å². The summed E-state index contributed by atoms with van der Waals surface area (Å²) in [6.07, 6.45) is 1.47. The Morgan fingerprint density at radius 2 is 1.93 bits per heavy atom. The summed E-state index contributed by atoms with van der Waals surface area (Å²) < 4.78 is 20.8. The highest BCUT2D eigenvalue weighted by molar-refractivity contribution is 8.00. The zero-order valence-electron chi connectivity index (χ0n) is 14.8. The Morgan fingerprint density at radius 1 is 1.11 bits per heavy atom. The Bertz CT molecular complexity index is 838. The average Bonchev–Trinajstić information content (AvgIpc) is 3.22. The molecule has 148 valence electrons. The van der Waals surface area contributed by atoms with Crippen LogP contribution in [0, 0.1) is 0 Å². The van der Waals surface area contributed by atoms with E-state index in [1.807, 2.05) is 6.07 Å². The van der Waals surface area contributed by atoms with Gasteiger partial charge in [0, 0.05) is 4.90 Å². The molecule has 0 bridgehead atoms. The molecule has 9 nitrogen and oxygen atoms in total. The van der Waals surface area contributed by atoms with Crippen molar-refractivity contribution in [3.05, 3.63) is 42.4 Å². The van der Waals surface area contributed by atoms with Crippen LogP contribution in [0.15, 0.2) is 45.9 Å². The third-order valence-electron chi connectivity index (χ3n) is 3.49. The van der Waals surface area contributed by atoms with Gasteiger partial charge >= 0.3 is 12.0 Å². The number of imide groups is 1. The van der Waals surface area contributed by atoms with E-state index in [9.17, 15) is 14.4 Å². The lowest BCUT2D eigenvalue weighted by molar-refractivity contribution is -0.145. The fraction of sp³-hybridized carbons (Fsp3) is 0.278. The van der Waals surface area contributed by atoms with Crippen LogP contribution < -0.4 is 20.1 Å². The first-order valence-corrected chi connectivity index (χ1v) is 9.37. The Hall–Kier alpha value is -3.14. The maximum Gasteiger partial charge on any atom is 0.321 e. The molecular weight excluding hydrogens is 388 g/mol. The van der Waals surface area contributed by atoms with Crippen molar-refractivity contribution in [3.63, 3.8) is 0 Å². The zero-order valence-corrected chi connectivity index (χ0v) is 15.6. The molecule has 1 aliphatic rings. The highest BCUT2D eigenvalue weighted by Gasteiger charge is 2.14. The zero-order chi connectivity index (χ0) is 19.8. The number of nitrogens with one attached hydrogen (secondary N) is 2. The predicted molar refractivity (Wildman–Crippen MR) is 98.2 cm³/mol. The monoisotopic (exact) mass is 406 g/mol. The number of benzene rings is 1. The number of rotatable bonds is 7. The molecule has 0 atom stereocenters. The second-order valence-corrected chi connectivity index (χ2v) is 6.61. The first kappa shape index (κ1) is 19.6. The van der Waals surface area contributed by atoms with E-state index >= 15 is 0 Å². The van der Waals surface area contributed by atoms with Gasteiger partial charge in [0.25, 0.3) is 5.91 Å². The van der Waals surface area contributed by atoms with Gasteiger partial charge in [-0.1, -0.05) is 0 Å². The number of carbonyl (C=O) groups excluding carboxylic acids is 3. The SMILES string of the molecule is O=C(COC(=O)CSc1ccc2c(c1)OCCO2)NC(=O)NCc1ccco1. The molecule has 10 heteroatoms. The number of carbonyl (C=O) groups is 3. The number of furan rings is 1. The van der Waals surface area contributed by atoms with Gasteiger partial charge in [-0.05, 0) is 30.3 Å². The number of amides is 3. The molecule has 1 aliphatic heterocycles. The van der Waals surface area contributed by atoms with E-state index in [2.05, 4.69) is 10.6 Å². The molecule has 1 aromatic carbocycles. The van der Waals surface area contributed by atoms with Gasteiger partial charge in [0.2, 0.25) is 0 Å². The summed E-state index contributed by atoms with van der Waals surface area (Å²) in [5.41, 5.74) is 0. The number of esters is 1. The molecule has 2 N–H and O–H groups in total. The maximum atomic E-state index is 11.8. The maximum absolute atomic E-state index is 11.8. The summed E-state index contributed by atoms with van der Waals surface area (Å²) in [5, 5.41) is 4.50. The lowest BCUT2D eigenvalue weighted by Crippen LogP contribution is -2.41. The van der Waals surface area contributed by atoms with Crippen LogP contribution in [0.4, 0.5) is 4.79 Å². The first-order chi connectivity index (χ1) is 13.6. The molecular formula is C18H18N2O7S. The highest BCUT2D eigenvalue weighted by Crippen LogP contribution is 2.34. The van der Waals surface area contributed by atoms with Crippen molar-refractivity contribution < 1.29 is 33.0 Å². The molecule has 28 heavy (non-hydrogen) atoms. The van der Waals surface area contributed by atoms with E-state index in [1.165, 1.54) is 18.0 Å². The number of urea groups is 1. The quantitative estimate of drug-likeness (QED) is 0.527. The minimum absolute atomic E-state index is 0.0115. The summed E-state index contributed by atoms with van der Waals surface area (Å²) in [4.78, 5) is 35.8. The predicted octanol–water partition coefficient (Wildman–Crippen LogP) is 1.71. The number of fused-ring (bicyclic) bond motifs is 1. The number of hydrogen-bond donors (Lipinski definition) is 2. The fourth-order valence-electron chi connectivity index (χ4n) is 2.23. The average molecular weight is 406 g/mol. The third-order valence-corrected chi connectivity index (χ3v) is 4.46. The summed E-state index contributed by atoms with van der Waals surface area (Å²) in [5.74, 6) is 0.549. The van der Waals surface area contributed by atoms with Gasteiger partial charge in [-0.25, -0.2) is 4.79 Å². The van der Waals surface area contributed by atoms with Crippen LogP contribution in [0.2, 0.25) is 0 Å². The molecule has 0 spiro atoms. The van der Waals surface area contributed by atoms with Crippen LogP contribution >= 0.6 is 11.8 Å². The van der Waals surface area contributed by atoms with Crippen molar-refractivity contribution in [1.82, 2.24) is 10.6 Å². The van der Waals surface area contributed by atoms with Crippen LogP contribution in [0.3, 0.4) is 0 Å². The van der Waals surface area contributed by atoms with Crippen molar-refractivity contribution in [1.29, 1.82) is 0 Å². The number of thioether (sulfide) groups is 1. The van der Waals surface area contributed by atoms with Gasteiger partial charge < -0.3 is 23.9 Å². The molecule has 0 saturated carbocycles. The van der Waals surface area contributed by atoms with Crippen LogP contribution in [-0.4, -0.2) is 43.5 Å². The third kappa shape index (κ3) is 5.95. The van der Waals surface area contributed by atoms with Crippen LogP contribution in [0.1, 0.15) is 5.76 Å². The van der Waals surface area contributed by atoms with Crippen LogP contribution in [-0.2, 0) is 20.9 Å². The largest absolute Gasteiger partial charge is 0.486 e. The topological polar surface area (TPSA) is 116 Å². The molecule has 0 aliphatic carbocycles. The van der Waals surface area contributed by atoms with Gasteiger partial charge in [0.05, 0.1) is 18.6 Å². The summed E-state index contributed by atoms with van der Waals surface area (Å²) in [6.45, 7) is 0.578. The van der Waals surface area contributed by atoms with E-state index in [1.54, 1.807) is 24.3 Å². The molecule has 1 aromatic heterocycles. The Kier molecular flexibility index (Phi) is 6.79. The summed E-state index contributed by atoms with van der Waals surface area (Å²) in [6, 6.07) is 8.02. The summed E-state index contributed by atoms with van der Waals surface area (Å²) in [7, 11) is 0. The van der Waals surface area contributed by atoms with Gasteiger partial charge in [0.1, 0.15) is 19.0 Å². The minimum Gasteiger partial charge on any atom is -0.486 e.